The summed E-state index contributed by atoms with van der Waals surface area (Å²) in [5.41, 5.74) is 2.50. The summed E-state index contributed by atoms with van der Waals surface area (Å²) in [5, 5.41) is 11.8. The predicted octanol–water partition coefficient (Wildman–Crippen LogP) is 3.73. The summed E-state index contributed by atoms with van der Waals surface area (Å²) < 4.78 is 5.23. The van der Waals surface area contributed by atoms with Crippen LogP contribution >= 0.6 is 0 Å². The molecule has 1 saturated heterocycles. The second kappa shape index (κ2) is 8.03. The summed E-state index contributed by atoms with van der Waals surface area (Å²) in [6.07, 6.45) is 2.12. The molecule has 1 heterocycles. The van der Waals surface area contributed by atoms with Gasteiger partial charge in [-0.25, -0.2) is 0 Å². The molecule has 1 fully saturated rings. The standard InChI is InChI=1S/C21H23N3O2/c1-15(21(25)23-18-9-5-16(14-22)6-10-18)24-13-3-4-20(24)17-7-11-19(26-2)12-8-17/h5-12,15,20H,3-4,13H2,1-2H3,(H,23,25)/t15-,20+/m0/s1. The van der Waals surface area contributed by atoms with Crippen LogP contribution < -0.4 is 10.1 Å². The highest BCUT2D eigenvalue weighted by Gasteiger charge is 2.32. The van der Waals surface area contributed by atoms with E-state index in [-0.39, 0.29) is 18.0 Å². The third-order valence-corrected chi connectivity index (χ3v) is 4.95. The van der Waals surface area contributed by atoms with Crippen LogP contribution in [0.15, 0.2) is 48.5 Å². The fourth-order valence-electron chi connectivity index (χ4n) is 3.46. The Bertz CT molecular complexity index is 794. The van der Waals surface area contributed by atoms with Gasteiger partial charge in [-0.1, -0.05) is 12.1 Å². The third-order valence-electron chi connectivity index (χ3n) is 4.95. The molecule has 0 bridgehead atoms. The second-order valence-electron chi connectivity index (χ2n) is 6.52. The smallest absolute Gasteiger partial charge is 0.241 e. The molecule has 5 heteroatoms. The Morgan fingerprint density at radius 3 is 2.54 bits per heavy atom. The molecular weight excluding hydrogens is 326 g/mol. The molecule has 1 aliphatic rings. The van der Waals surface area contributed by atoms with Crippen molar-refractivity contribution in [1.29, 1.82) is 5.26 Å². The second-order valence-corrected chi connectivity index (χ2v) is 6.52. The first kappa shape index (κ1) is 18.0. The highest BCUT2D eigenvalue weighted by Crippen LogP contribution is 2.34. The van der Waals surface area contributed by atoms with Crippen LogP contribution in [-0.2, 0) is 4.79 Å². The first-order valence-corrected chi connectivity index (χ1v) is 8.83. The van der Waals surface area contributed by atoms with Gasteiger partial charge >= 0.3 is 0 Å². The zero-order chi connectivity index (χ0) is 18.5. The number of methoxy groups -OCH3 is 1. The van der Waals surface area contributed by atoms with Gasteiger partial charge in [0.05, 0.1) is 24.8 Å². The van der Waals surface area contributed by atoms with Crippen molar-refractivity contribution in [3.63, 3.8) is 0 Å². The van der Waals surface area contributed by atoms with Gasteiger partial charge in [0.1, 0.15) is 5.75 Å². The molecule has 0 unspecified atom stereocenters. The first-order chi connectivity index (χ1) is 12.6. The number of rotatable bonds is 5. The number of nitrogens with one attached hydrogen (secondary N) is 1. The van der Waals surface area contributed by atoms with Gasteiger partial charge < -0.3 is 10.1 Å². The summed E-state index contributed by atoms with van der Waals surface area (Å²) >= 11 is 0. The lowest BCUT2D eigenvalue weighted by atomic mass is 10.0. The predicted molar refractivity (Wildman–Crippen MR) is 101 cm³/mol. The van der Waals surface area contributed by atoms with Gasteiger partial charge in [0.2, 0.25) is 5.91 Å². The quantitative estimate of drug-likeness (QED) is 0.893. The molecule has 1 N–H and O–H groups in total. The highest BCUT2D eigenvalue weighted by molar-refractivity contribution is 5.94. The molecule has 0 spiro atoms. The maximum Gasteiger partial charge on any atom is 0.241 e. The minimum Gasteiger partial charge on any atom is -0.497 e. The zero-order valence-corrected chi connectivity index (χ0v) is 15.1. The van der Waals surface area contributed by atoms with E-state index in [1.165, 1.54) is 5.56 Å². The molecule has 2 atom stereocenters. The van der Waals surface area contributed by atoms with E-state index in [1.807, 2.05) is 19.1 Å². The van der Waals surface area contributed by atoms with Crippen LogP contribution in [0.2, 0.25) is 0 Å². The van der Waals surface area contributed by atoms with E-state index in [0.717, 1.165) is 25.1 Å². The van der Waals surface area contributed by atoms with Crippen LogP contribution in [-0.4, -0.2) is 30.5 Å². The Balaban J connectivity index is 1.69. The topological polar surface area (TPSA) is 65.4 Å². The van der Waals surface area contributed by atoms with E-state index in [4.69, 9.17) is 10.00 Å². The summed E-state index contributed by atoms with van der Waals surface area (Å²) in [6, 6.07) is 17.1. The lowest BCUT2D eigenvalue weighted by Crippen LogP contribution is -2.41. The van der Waals surface area contributed by atoms with Gasteiger partial charge in [0.15, 0.2) is 0 Å². The number of nitriles is 1. The van der Waals surface area contributed by atoms with Crippen molar-refractivity contribution in [3.8, 4) is 11.8 Å². The number of anilines is 1. The molecule has 134 valence electrons. The van der Waals surface area contributed by atoms with Gasteiger partial charge in [-0.05, 0) is 68.3 Å². The Morgan fingerprint density at radius 2 is 1.92 bits per heavy atom. The van der Waals surface area contributed by atoms with Crippen molar-refractivity contribution in [2.75, 3.05) is 19.0 Å². The number of carbonyl (C=O) groups is 1. The normalized spacial score (nSPS) is 18.1. The molecule has 0 aromatic heterocycles. The number of nitrogens with zero attached hydrogens (tertiary/aromatic N) is 2. The summed E-state index contributed by atoms with van der Waals surface area (Å²) in [4.78, 5) is 14.9. The van der Waals surface area contributed by atoms with Crippen LogP contribution in [0, 0.1) is 11.3 Å². The van der Waals surface area contributed by atoms with E-state index in [1.54, 1.807) is 31.4 Å². The minimum absolute atomic E-state index is 0.0323. The van der Waals surface area contributed by atoms with E-state index in [2.05, 4.69) is 28.4 Å². The van der Waals surface area contributed by atoms with E-state index in [0.29, 0.717) is 11.3 Å². The van der Waals surface area contributed by atoms with Crippen LogP contribution in [0.1, 0.15) is 36.9 Å². The lowest BCUT2D eigenvalue weighted by Gasteiger charge is -2.30. The number of ether oxygens (including phenoxy) is 1. The molecule has 0 radical (unpaired) electrons. The van der Waals surface area contributed by atoms with Gasteiger partial charge in [0.25, 0.3) is 0 Å². The maximum atomic E-state index is 12.7. The van der Waals surface area contributed by atoms with Crippen LogP contribution in [0.3, 0.4) is 0 Å². The summed E-state index contributed by atoms with van der Waals surface area (Å²) in [7, 11) is 1.66. The molecule has 3 rings (SSSR count). The first-order valence-electron chi connectivity index (χ1n) is 8.83. The Morgan fingerprint density at radius 1 is 1.23 bits per heavy atom. The number of likely N-dealkylation sites (tertiary alicyclic amines) is 1. The van der Waals surface area contributed by atoms with Crippen molar-refractivity contribution in [2.45, 2.75) is 31.8 Å². The lowest BCUT2D eigenvalue weighted by molar-refractivity contribution is -0.121. The maximum absolute atomic E-state index is 12.7. The Labute approximate surface area is 154 Å². The van der Waals surface area contributed by atoms with E-state index < -0.39 is 0 Å². The van der Waals surface area contributed by atoms with Crippen LogP contribution in [0.5, 0.6) is 5.75 Å². The minimum atomic E-state index is -0.236. The molecule has 2 aromatic rings. The van der Waals surface area contributed by atoms with Gasteiger partial charge in [-0.3, -0.25) is 9.69 Å². The van der Waals surface area contributed by atoms with Crippen LogP contribution in [0.25, 0.3) is 0 Å². The van der Waals surface area contributed by atoms with Crippen molar-refractivity contribution < 1.29 is 9.53 Å². The molecule has 0 aliphatic carbocycles. The number of amides is 1. The molecule has 26 heavy (non-hydrogen) atoms. The molecule has 0 saturated carbocycles. The summed E-state index contributed by atoms with van der Waals surface area (Å²) in [6.45, 7) is 2.85. The third kappa shape index (κ3) is 3.87. The number of hydrogen-bond acceptors (Lipinski definition) is 4. The molecule has 5 nitrogen and oxygen atoms in total. The number of hydrogen-bond donors (Lipinski definition) is 1. The fraction of sp³-hybridized carbons (Fsp3) is 0.333. The fourth-order valence-corrected chi connectivity index (χ4v) is 3.46. The van der Waals surface area contributed by atoms with Crippen molar-refractivity contribution in [1.82, 2.24) is 4.90 Å². The molecule has 1 amide bonds. The highest BCUT2D eigenvalue weighted by atomic mass is 16.5. The number of carbonyl (C=O) groups excluding carboxylic acids is 1. The Hall–Kier alpha value is -2.84. The van der Waals surface area contributed by atoms with Gasteiger partial charge in [-0.15, -0.1) is 0 Å². The average molecular weight is 349 g/mol. The van der Waals surface area contributed by atoms with Gasteiger partial charge in [-0.2, -0.15) is 5.26 Å². The Kier molecular flexibility index (Phi) is 5.55. The molecular formula is C21H23N3O2. The molecule has 2 aromatic carbocycles. The van der Waals surface area contributed by atoms with Crippen molar-refractivity contribution in [3.05, 3.63) is 59.7 Å². The SMILES string of the molecule is COc1ccc([C@H]2CCCN2[C@@H](C)C(=O)Nc2ccc(C#N)cc2)cc1. The van der Waals surface area contributed by atoms with Gasteiger partial charge in [0, 0.05) is 11.7 Å². The molecule has 1 aliphatic heterocycles. The van der Waals surface area contributed by atoms with Crippen molar-refractivity contribution in [2.24, 2.45) is 0 Å². The largest absolute Gasteiger partial charge is 0.497 e. The monoisotopic (exact) mass is 349 g/mol. The van der Waals surface area contributed by atoms with E-state index >= 15 is 0 Å². The van der Waals surface area contributed by atoms with Crippen molar-refractivity contribution >= 4 is 11.6 Å². The van der Waals surface area contributed by atoms with Crippen LogP contribution in [0.4, 0.5) is 5.69 Å². The van der Waals surface area contributed by atoms with E-state index in [9.17, 15) is 4.79 Å². The number of benzene rings is 2. The summed E-state index contributed by atoms with van der Waals surface area (Å²) in [5.74, 6) is 0.806. The zero-order valence-electron chi connectivity index (χ0n) is 15.1. The average Bonchev–Trinajstić information content (AvgIpc) is 3.17.